The van der Waals surface area contributed by atoms with Crippen LogP contribution in [0.2, 0.25) is 0 Å². The second kappa shape index (κ2) is 7.21. The van der Waals surface area contributed by atoms with Crippen molar-refractivity contribution in [2.45, 2.75) is 13.8 Å². The van der Waals surface area contributed by atoms with Crippen molar-refractivity contribution >= 4 is 16.6 Å². The van der Waals surface area contributed by atoms with Gasteiger partial charge < -0.3 is 10.1 Å². The third-order valence-corrected chi connectivity index (χ3v) is 2.65. The summed E-state index contributed by atoms with van der Waals surface area (Å²) in [6.07, 6.45) is 4.89. The molecule has 0 saturated carbocycles. The molecule has 1 atom stereocenters. The third kappa shape index (κ3) is 6.21. The van der Waals surface area contributed by atoms with Gasteiger partial charge in [-0.2, -0.15) is 4.98 Å². The smallest absolute Gasteiger partial charge is 0.234 e. The van der Waals surface area contributed by atoms with E-state index in [1.807, 2.05) is 0 Å². The van der Waals surface area contributed by atoms with Gasteiger partial charge in [-0.3, -0.25) is 9.19 Å². The summed E-state index contributed by atoms with van der Waals surface area (Å²) in [5.74, 6) is 2.22. The third-order valence-electron chi connectivity index (χ3n) is 1.87. The number of hydrogen-bond donors (Lipinski definition) is 1. The summed E-state index contributed by atoms with van der Waals surface area (Å²) in [7, 11) is -0.796. The second-order valence-corrected chi connectivity index (χ2v) is 5.71. The van der Waals surface area contributed by atoms with Crippen LogP contribution in [0.5, 0.6) is 5.88 Å². The first kappa shape index (κ1) is 13.9. The predicted octanol–water partition coefficient (Wildman–Crippen LogP) is 1.30. The topological polar surface area (TPSA) is 64.1 Å². The van der Waals surface area contributed by atoms with Gasteiger partial charge in [0, 0.05) is 29.4 Å². The van der Waals surface area contributed by atoms with Crippen LogP contribution < -0.4 is 10.1 Å². The van der Waals surface area contributed by atoms with Crippen molar-refractivity contribution in [1.29, 1.82) is 0 Å². The van der Waals surface area contributed by atoms with Crippen LogP contribution in [0.3, 0.4) is 0 Å². The van der Waals surface area contributed by atoms with E-state index < -0.39 is 10.8 Å². The van der Waals surface area contributed by atoms with Crippen LogP contribution in [-0.2, 0) is 10.8 Å². The molecule has 0 spiro atoms. The molecule has 17 heavy (non-hydrogen) atoms. The molecule has 0 radical (unpaired) electrons. The summed E-state index contributed by atoms with van der Waals surface area (Å²) in [5, 5.41) is 3.06. The van der Waals surface area contributed by atoms with Gasteiger partial charge in [-0.05, 0) is 5.92 Å². The summed E-state index contributed by atoms with van der Waals surface area (Å²) in [6.45, 7) is 5.39. The summed E-state index contributed by atoms with van der Waals surface area (Å²) >= 11 is 0. The molecule has 5 nitrogen and oxygen atoms in total. The highest BCUT2D eigenvalue weighted by Crippen LogP contribution is 2.09. The van der Waals surface area contributed by atoms with Gasteiger partial charge in [0.05, 0.1) is 19.0 Å². The Labute approximate surface area is 104 Å². The Balaban J connectivity index is 2.45. The molecule has 1 heterocycles. The lowest BCUT2D eigenvalue weighted by Gasteiger charge is -2.09. The molecule has 0 fully saturated rings. The SMILES string of the molecule is CC(C)COc1cncc(NCC[S@](C)=O)n1. The molecule has 0 bridgehead atoms. The maximum atomic E-state index is 10.9. The summed E-state index contributed by atoms with van der Waals surface area (Å²) < 4.78 is 16.4. The molecule has 0 saturated heterocycles. The fourth-order valence-electron chi connectivity index (χ4n) is 1.08. The molecule has 1 aromatic rings. The van der Waals surface area contributed by atoms with E-state index >= 15 is 0 Å². The van der Waals surface area contributed by atoms with Gasteiger partial charge >= 0.3 is 0 Å². The molecule has 1 rings (SSSR count). The van der Waals surface area contributed by atoms with Crippen LogP contribution in [0.25, 0.3) is 0 Å². The van der Waals surface area contributed by atoms with E-state index in [1.165, 1.54) is 0 Å². The maximum Gasteiger partial charge on any atom is 0.234 e. The van der Waals surface area contributed by atoms with Gasteiger partial charge in [0.25, 0.3) is 0 Å². The van der Waals surface area contributed by atoms with Crippen molar-refractivity contribution in [3.63, 3.8) is 0 Å². The van der Waals surface area contributed by atoms with Crippen molar-refractivity contribution in [1.82, 2.24) is 9.97 Å². The molecule has 96 valence electrons. The first-order valence-corrected chi connectivity index (χ1v) is 7.29. The van der Waals surface area contributed by atoms with E-state index in [9.17, 15) is 4.21 Å². The molecule has 0 aromatic carbocycles. The lowest BCUT2D eigenvalue weighted by Crippen LogP contribution is -2.12. The lowest BCUT2D eigenvalue weighted by molar-refractivity contribution is 0.260. The van der Waals surface area contributed by atoms with Crippen molar-refractivity contribution in [2.75, 3.05) is 30.5 Å². The van der Waals surface area contributed by atoms with Gasteiger partial charge in [0.1, 0.15) is 5.82 Å². The maximum absolute atomic E-state index is 10.9. The van der Waals surface area contributed by atoms with Gasteiger partial charge in [0.15, 0.2) is 0 Å². The number of rotatable bonds is 7. The van der Waals surface area contributed by atoms with Crippen LogP contribution in [0.15, 0.2) is 12.4 Å². The van der Waals surface area contributed by atoms with Crippen molar-refractivity contribution in [3.05, 3.63) is 12.4 Å². The summed E-state index contributed by atoms with van der Waals surface area (Å²) in [5.41, 5.74) is 0. The summed E-state index contributed by atoms with van der Waals surface area (Å²) in [4.78, 5) is 8.28. The van der Waals surface area contributed by atoms with Gasteiger partial charge in [-0.25, -0.2) is 0 Å². The van der Waals surface area contributed by atoms with Crippen LogP contribution in [0.4, 0.5) is 5.82 Å². The predicted molar refractivity (Wildman–Crippen MR) is 69.8 cm³/mol. The first-order chi connectivity index (χ1) is 8.08. The Morgan fingerprint density at radius 1 is 1.47 bits per heavy atom. The minimum absolute atomic E-state index is 0.455. The Bertz CT molecular complexity index is 371. The average Bonchev–Trinajstić information content (AvgIpc) is 2.26. The molecule has 0 aliphatic carbocycles. The highest BCUT2D eigenvalue weighted by Gasteiger charge is 2.01. The second-order valence-electron chi connectivity index (χ2n) is 4.15. The Kier molecular flexibility index (Phi) is 5.90. The fraction of sp³-hybridized carbons (Fsp3) is 0.636. The number of nitrogens with one attached hydrogen (secondary N) is 1. The van der Waals surface area contributed by atoms with E-state index in [4.69, 9.17) is 4.74 Å². The van der Waals surface area contributed by atoms with Gasteiger partial charge in [-0.15, -0.1) is 0 Å². The molecule has 1 N–H and O–H groups in total. The van der Waals surface area contributed by atoms with Gasteiger partial charge in [0.2, 0.25) is 5.88 Å². The number of anilines is 1. The number of aromatic nitrogens is 2. The Hall–Kier alpha value is -1.17. The van der Waals surface area contributed by atoms with E-state index in [0.717, 1.165) is 0 Å². The van der Waals surface area contributed by atoms with Crippen molar-refractivity contribution in [2.24, 2.45) is 5.92 Å². The zero-order valence-electron chi connectivity index (χ0n) is 10.5. The average molecular weight is 257 g/mol. The van der Waals surface area contributed by atoms with Crippen LogP contribution >= 0.6 is 0 Å². The lowest BCUT2D eigenvalue weighted by atomic mass is 10.2. The molecule has 0 unspecified atom stereocenters. The largest absolute Gasteiger partial charge is 0.476 e. The molecule has 0 aliphatic heterocycles. The van der Waals surface area contributed by atoms with Crippen molar-refractivity contribution < 1.29 is 8.95 Å². The Morgan fingerprint density at radius 2 is 2.24 bits per heavy atom. The normalized spacial score (nSPS) is 12.5. The minimum atomic E-state index is -0.796. The fourth-order valence-corrected chi connectivity index (χ4v) is 1.47. The number of hydrogen-bond acceptors (Lipinski definition) is 5. The van der Waals surface area contributed by atoms with E-state index in [2.05, 4.69) is 29.1 Å². The zero-order valence-corrected chi connectivity index (χ0v) is 11.3. The molecule has 0 aliphatic rings. The quantitative estimate of drug-likeness (QED) is 0.797. The highest BCUT2D eigenvalue weighted by atomic mass is 32.2. The first-order valence-electron chi connectivity index (χ1n) is 5.56. The van der Waals surface area contributed by atoms with E-state index in [0.29, 0.717) is 36.5 Å². The van der Waals surface area contributed by atoms with Crippen LogP contribution in [0.1, 0.15) is 13.8 Å². The molecule has 1 aromatic heterocycles. The molecule has 6 heteroatoms. The molecular weight excluding hydrogens is 238 g/mol. The number of nitrogens with zero attached hydrogens (tertiary/aromatic N) is 2. The highest BCUT2D eigenvalue weighted by molar-refractivity contribution is 7.84. The van der Waals surface area contributed by atoms with E-state index in [1.54, 1.807) is 18.6 Å². The van der Waals surface area contributed by atoms with Crippen LogP contribution in [-0.4, -0.2) is 39.3 Å². The minimum Gasteiger partial charge on any atom is -0.476 e. The Morgan fingerprint density at radius 3 is 2.88 bits per heavy atom. The standard InChI is InChI=1S/C11H19N3O2S/c1-9(2)8-16-11-7-12-6-10(14-11)13-4-5-17(3)15/h6-7,9H,4-5,8H2,1-3H3,(H,13,14)/t17-/m0/s1. The summed E-state index contributed by atoms with van der Waals surface area (Å²) in [6, 6.07) is 0. The monoisotopic (exact) mass is 257 g/mol. The molecular formula is C11H19N3O2S. The zero-order chi connectivity index (χ0) is 12.7. The van der Waals surface area contributed by atoms with Crippen molar-refractivity contribution in [3.8, 4) is 5.88 Å². The van der Waals surface area contributed by atoms with Gasteiger partial charge in [-0.1, -0.05) is 13.8 Å². The van der Waals surface area contributed by atoms with Crippen LogP contribution in [0, 0.1) is 5.92 Å². The molecule has 0 amide bonds. The van der Waals surface area contributed by atoms with E-state index in [-0.39, 0.29) is 0 Å². The number of ether oxygens (including phenoxy) is 1.